The number of nitrogens with two attached hydrogens (primary N) is 1. The van der Waals surface area contributed by atoms with Crippen molar-refractivity contribution in [2.75, 3.05) is 25.5 Å². The maximum absolute atomic E-state index is 12.0. The molecule has 8 nitrogen and oxygen atoms in total. The van der Waals surface area contributed by atoms with Gasteiger partial charge >= 0.3 is 12.0 Å². The van der Waals surface area contributed by atoms with Crippen LogP contribution in [0.25, 0.3) is 0 Å². The van der Waals surface area contributed by atoms with Crippen LogP contribution in [0.15, 0.2) is 24.3 Å². The fourth-order valence-electron chi connectivity index (χ4n) is 1.66. The largest absolute Gasteiger partial charge is 0.480 e. The molecule has 114 valence electrons. The Morgan fingerprint density at radius 2 is 2.05 bits per heavy atom. The van der Waals surface area contributed by atoms with E-state index in [-0.39, 0.29) is 0 Å². The number of hydrogen-bond donors (Lipinski definition) is 3. The molecule has 3 amide bonds. The first kappa shape index (κ1) is 16.4. The lowest BCUT2D eigenvalue weighted by atomic mass is 10.2. The molecule has 0 aliphatic heterocycles. The van der Waals surface area contributed by atoms with Crippen LogP contribution in [0.4, 0.5) is 10.5 Å². The number of amides is 3. The highest BCUT2D eigenvalue weighted by molar-refractivity contribution is 5.94. The van der Waals surface area contributed by atoms with Crippen molar-refractivity contribution in [2.45, 2.75) is 6.61 Å². The fraction of sp³-hybridized carbons (Fsp3) is 0.308. The van der Waals surface area contributed by atoms with Crippen LogP contribution < -0.4 is 11.1 Å². The van der Waals surface area contributed by atoms with Crippen molar-refractivity contribution in [3.05, 3.63) is 29.8 Å². The smallest absolute Gasteiger partial charge is 0.323 e. The second-order valence-corrected chi connectivity index (χ2v) is 4.28. The lowest BCUT2D eigenvalue weighted by molar-refractivity contribution is -0.137. The maximum Gasteiger partial charge on any atom is 0.323 e. The second kappa shape index (κ2) is 7.85. The Morgan fingerprint density at radius 1 is 1.33 bits per heavy atom. The number of carbonyl (C=O) groups is 3. The molecule has 1 rings (SSSR count). The zero-order valence-electron chi connectivity index (χ0n) is 11.5. The highest BCUT2D eigenvalue weighted by Gasteiger charge is 2.18. The molecule has 0 radical (unpaired) electrons. The van der Waals surface area contributed by atoms with Gasteiger partial charge in [0.1, 0.15) is 13.1 Å². The Bertz CT molecular complexity index is 516. The van der Waals surface area contributed by atoms with E-state index < -0.39 is 31.0 Å². The number of carbonyl (C=O) groups excluding carboxylic acids is 2. The summed E-state index contributed by atoms with van der Waals surface area (Å²) in [4.78, 5) is 34.4. The number of anilines is 1. The summed E-state index contributed by atoms with van der Waals surface area (Å²) in [5.74, 6) is -2.03. The van der Waals surface area contributed by atoms with E-state index in [1.807, 2.05) is 6.07 Å². The zero-order chi connectivity index (χ0) is 15.8. The van der Waals surface area contributed by atoms with Crippen molar-refractivity contribution >= 4 is 23.6 Å². The van der Waals surface area contributed by atoms with Crippen LogP contribution in [0.2, 0.25) is 0 Å². The minimum Gasteiger partial charge on any atom is -0.480 e. The summed E-state index contributed by atoms with van der Waals surface area (Å²) in [6.07, 6.45) is 0. The molecule has 21 heavy (non-hydrogen) atoms. The number of carboxylic acid groups (broad SMARTS) is 1. The highest BCUT2D eigenvalue weighted by atomic mass is 16.5. The van der Waals surface area contributed by atoms with Crippen molar-refractivity contribution in [1.82, 2.24) is 4.90 Å². The predicted molar refractivity (Wildman–Crippen MR) is 74.6 cm³/mol. The van der Waals surface area contributed by atoms with Crippen LogP contribution in [-0.4, -0.2) is 48.1 Å². The van der Waals surface area contributed by atoms with Crippen LogP contribution in [-0.2, 0) is 20.9 Å². The van der Waals surface area contributed by atoms with Gasteiger partial charge in [-0.15, -0.1) is 0 Å². The van der Waals surface area contributed by atoms with Gasteiger partial charge < -0.3 is 25.8 Å². The Kier molecular flexibility index (Phi) is 6.15. The third-order valence-corrected chi connectivity index (χ3v) is 2.45. The molecule has 0 aromatic heterocycles. The molecule has 0 unspecified atom stereocenters. The predicted octanol–water partition coefficient (Wildman–Crippen LogP) is 0.237. The minimum atomic E-state index is -1.24. The third-order valence-electron chi connectivity index (χ3n) is 2.45. The van der Waals surface area contributed by atoms with Crippen molar-refractivity contribution < 1.29 is 24.2 Å². The van der Waals surface area contributed by atoms with Crippen molar-refractivity contribution in [2.24, 2.45) is 5.73 Å². The number of nitrogens with one attached hydrogen (secondary N) is 1. The van der Waals surface area contributed by atoms with Crippen LogP contribution in [0.1, 0.15) is 5.56 Å². The normalized spacial score (nSPS) is 9.95. The highest BCUT2D eigenvalue weighted by Crippen LogP contribution is 2.12. The van der Waals surface area contributed by atoms with E-state index in [1.54, 1.807) is 25.3 Å². The summed E-state index contributed by atoms with van der Waals surface area (Å²) in [5, 5.41) is 11.2. The molecule has 0 spiro atoms. The average Bonchev–Trinajstić information content (AvgIpc) is 2.37. The van der Waals surface area contributed by atoms with Gasteiger partial charge in [-0.05, 0) is 17.7 Å². The van der Waals surface area contributed by atoms with Gasteiger partial charge in [0, 0.05) is 12.8 Å². The van der Waals surface area contributed by atoms with Crippen molar-refractivity contribution in [3.8, 4) is 0 Å². The lowest BCUT2D eigenvalue weighted by Crippen LogP contribution is -2.43. The summed E-state index contributed by atoms with van der Waals surface area (Å²) >= 11 is 0. The van der Waals surface area contributed by atoms with E-state index in [2.05, 4.69) is 5.32 Å². The number of methoxy groups -OCH3 is 1. The Labute approximate surface area is 121 Å². The van der Waals surface area contributed by atoms with Gasteiger partial charge in [-0.1, -0.05) is 12.1 Å². The number of urea groups is 1. The number of aliphatic carboxylic acids is 1. The second-order valence-electron chi connectivity index (χ2n) is 4.28. The first-order valence-corrected chi connectivity index (χ1v) is 6.06. The van der Waals surface area contributed by atoms with Crippen molar-refractivity contribution in [3.63, 3.8) is 0 Å². The molecule has 1 aromatic rings. The molecule has 4 N–H and O–H groups in total. The monoisotopic (exact) mass is 295 g/mol. The van der Waals surface area contributed by atoms with E-state index in [4.69, 9.17) is 15.6 Å². The maximum atomic E-state index is 12.0. The minimum absolute atomic E-state index is 0.379. The number of nitrogens with zero attached hydrogens (tertiary/aromatic N) is 1. The Hall–Kier alpha value is -2.61. The van der Waals surface area contributed by atoms with E-state index in [0.717, 1.165) is 10.5 Å². The molecule has 0 saturated heterocycles. The van der Waals surface area contributed by atoms with E-state index >= 15 is 0 Å². The molecule has 0 atom stereocenters. The van der Waals surface area contributed by atoms with Gasteiger partial charge in [0.15, 0.2) is 0 Å². The van der Waals surface area contributed by atoms with Gasteiger partial charge in [0.25, 0.3) is 0 Å². The number of primary amides is 1. The molecule has 0 bridgehead atoms. The van der Waals surface area contributed by atoms with Gasteiger partial charge in [0.05, 0.1) is 6.61 Å². The molecule has 1 aromatic carbocycles. The molecule has 8 heteroatoms. The average molecular weight is 295 g/mol. The molecule has 0 aliphatic rings. The van der Waals surface area contributed by atoms with Crippen LogP contribution in [0.3, 0.4) is 0 Å². The van der Waals surface area contributed by atoms with Gasteiger partial charge in [-0.25, -0.2) is 4.79 Å². The first-order chi connectivity index (χ1) is 9.92. The standard InChI is InChI=1S/C13H17N3O5/c1-21-8-9-3-2-4-10(5-9)15-13(20)16(6-11(14)17)7-12(18)19/h2-5H,6-8H2,1H3,(H2,14,17)(H,15,20)(H,18,19). The van der Waals surface area contributed by atoms with Gasteiger partial charge in [0.2, 0.25) is 5.91 Å². The van der Waals surface area contributed by atoms with Gasteiger partial charge in [-0.3, -0.25) is 9.59 Å². The molecular weight excluding hydrogens is 278 g/mol. The molecule has 0 aliphatic carbocycles. The SMILES string of the molecule is COCc1cccc(NC(=O)N(CC(N)=O)CC(=O)O)c1. The lowest BCUT2D eigenvalue weighted by Gasteiger charge is -2.19. The zero-order valence-corrected chi connectivity index (χ0v) is 11.5. The summed E-state index contributed by atoms with van der Waals surface area (Å²) in [7, 11) is 1.55. The van der Waals surface area contributed by atoms with E-state index in [9.17, 15) is 14.4 Å². The van der Waals surface area contributed by atoms with Crippen LogP contribution in [0.5, 0.6) is 0 Å². The van der Waals surface area contributed by atoms with Gasteiger partial charge in [-0.2, -0.15) is 0 Å². The summed E-state index contributed by atoms with van der Waals surface area (Å²) in [5.41, 5.74) is 6.30. The number of rotatable bonds is 7. The quantitative estimate of drug-likeness (QED) is 0.665. The number of carboxylic acids is 1. The summed E-state index contributed by atoms with van der Waals surface area (Å²) in [6, 6.07) is 6.15. The van der Waals surface area contributed by atoms with Crippen LogP contribution in [0, 0.1) is 0 Å². The Balaban J connectivity index is 2.77. The number of ether oxygens (including phenoxy) is 1. The topological polar surface area (TPSA) is 122 Å². The molecular formula is C13H17N3O5. The third kappa shape index (κ3) is 5.91. The first-order valence-electron chi connectivity index (χ1n) is 6.06. The fourth-order valence-corrected chi connectivity index (χ4v) is 1.66. The van der Waals surface area contributed by atoms with Crippen molar-refractivity contribution in [1.29, 1.82) is 0 Å². The Morgan fingerprint density at radius 3 is 2.62 bits per heavy atom. The summed E-state index contributed by atoms with van der Waals surface area (Å²) < 4.78 is 4.98. The van der Waals surface area contributed by atoms with Crippen LogP contribution >= 0.6 is 0 Å². The van der Waals surface area contributed by atoms with E-state index in [1.165, 1.54) is 0 Å². The molecule has 0 saturated carbocycles. The molecule has 0 fully saturated rings. The number of hydrogen-bond acceptors (Lipinski definition) is 4. The number of benzene rings is 1. The molecule has 0 heterocycles. The summed E-state index contributed by atoms with van der Waals surface area (Å²) in [6.45, 7) is -0.716. The van der Waals surface area contributed by atoms with E-state index in [0.29, 0.717) is 12.3 Å².